The van der Waals surface area contributed by atoms with Gasteiger partial charge in [-0.1, -0.05) is 11.6 Å². The Morgan fingerprint density at radius 1 is 1.36 bits per heavy atom. The molecule has 3 rings (SSSR count). The van der Waals surface area contributed by atoms with Crippen LogP contribution in [0.3, 0.4) is 0 Å². The van der Waals surface area contributed by atoms with Crippen molar-refractivity contribution in [2.24, 2.45) is 0 Å². The minimum absolute atomic E-state index is 0.234. The van der Waals surface area contributed by atoms with Crippen molar-refractivity contribution >= 4 is 33.6 Å². The Morgan fingerprint density at radius 2 is 2.12 bits per heavy atom. The number of carbonyl (C=O) groups is 1. The number of hydrogen-bond donors (Lipinski definition) is 0. The predicted octanol–water partition coefficient (Wildman–Crippen LogP) is 4.31. The molecule has 0 aromatic heterocycles. The normalized spacial score (nSPS) is 21.5. The van der Waals surface area contributed by atoms with Crippen LogP contribution in [0.1, 0.15) is 32.8 Å². The number of rotatable bonds is 0. The highest BCUT2D eigenvalue weighted by molar-refractivity contribution is 9.10. The van der Waals surface area contributed by atoms with Gasteiger partial charge in [0, 0.05) is 42.3 Å². The number of piperazine rings is 1. The first-order chi connectivity index (χ1) is 11.7. The lowest BCUT2D eigenvalue weighted by Gasteiger charge is -2.42. The van der Waals surface area contributed by atoms with Gasteiger partial charge in [0.05, 0.1) is 11.6 Å². The number of halogens is 2. The molecule has 0 aliphatic carbocycles. The summed E-state index contributed by atoms with van der Waals surface area (Å²) in [6.45, 7) is 9.22. The Hall–Kier alpha value is -0.980. The number of amides is 1. The molecule has 2 heterocycles. The van der Waals surface area contributed by atoms with E-state index in [1.165, 1.54) is 0 Å². The first-order valence-electron chi connectivity index (χ1n) is 8.55. The SMILES string of the molecule is CC(C)(C)OC(=O)N1CCN2Cc3cc(Cl)c(Br)cc3OCC[C@H]2C1. The zero-order valence-electron chi connectivity index (χ0n) is 14.8. The van der Waals surface area contributed by atoms with E-state index < -0.39 is 5.60 Å². The van der Waals surface area contributed by atoms with Gasteiger partial charge in [0.2, 0.25) is 0 Å². The Balaban J connectivity index is 1.71. The molecule has 0 unspecified atom stereocenters. The number of ether oxygens (including phenoxy) is 2. The summed E-state index contributed by atoms with van der Waals surface area (Å²) in [4.78, 5) is 16.6. The molecule has 5 nitrogen and oxygen atoms in total. The lowest BCUT2D eigenvalue weighted by Crippen LogP contribution is -2.55. The molecule has 1 fully saturated rings. The molecule has 25 heavy (non-hydrogen) atoms. The van der Waals surface area contributed by atoms with Crippen molar-refractivity contribution in [2.45, 2.75) is 45.4 Å². The maximum Gasteiger partial charge on any atom is 0.410 e. The Bertz CT molecular complexity index is 662. The molecule has 2 aliphatic heterocycles. The van der Waals surface area contributed by atoms with Gasteiger partial charge in [-0.05, 0) is 55.3 Å². The fourth-order valence-corrected chi connectivity index (χ4v) is 3.73. The highest BCUT2D eigenvalue weighted by Gasteiger charge is 2.33. The zero-order chi connectivity index (χ0) is 18.2. The second kappa shape index (κ2) is 7.33. The van der Waals surface area contributed by atoms with Gasteiger partial charge in [-0.25, -0.2) is 4.79 Å². The van der Waals surface area contributed by atoms with Gasteiger partial charge in [0.1, 0.15) is 11.4 Å². The number of nitrogens with zero attached hydrogens (tertiary/aromatic N) is 2. The monoisotopic (exact) mass is 430 g/mol. The Kier molecular flexibility index (Phi) is 5.51. The molecule has 138 valence electrons. The molecule has 0 radical (unpaired) electrons. The summed E-state index contributed by atoms with van der Waals surface area (Å²) in [5, 5.41) is 0.687. The van der Waals surface area contributed by atoms with E-state index in [4.69, 9.17) is 21.1 Å². The molecule has 2 aliphatic rings. The van der Waals surface area contributed by atoms with Gasteiger partial charge < -0.3 is 14.4 Å². The van der Waals surface area contributed by atoms with Crippen molar-refractivity contribution < 1.29 is 14.3 Å². The molecule has 1 amide bonds. The van der Waals surface area contributed by atoms with E-state index in [1.807, 2.05) is 37.8 Å². The summed E-state index contributed by atoms with van der Waals surface area (Å²) in [6, 6.07) is 4.16. The third-order valence-electron chi connectivity index (χ3n) is 4.44. The van der Waals surface area contributed by atoms with E-state index in [0.29, 0.717) is 24.7 Å². The number of carbonyl (C=O) groups excluding carboxylic acids is 1. The van der Waals surface area contributed by atoms with Crippen LogP contribution in [0.25, 0.3) is 0 Å². The predicted molar refractivity (Wildman–Crippen MR) is 101 cm³/mol. The van der Waals surface area contributed by atoms with Crippen LogP contribution >= 0.6 is 27.5 Å². The van der Waals surface area contributed by atoms with E-state index in [2.05, 4.69) is 20.8 Å². The summed E-state index contributed by atoms with van der Waals surface area (Å²) < 4.78 is 12.3. The first kappa shape index (κ1) is 18.8. The highest BCUT2D eigenvalue weighted by Crippen LogP contribution is 2.34. The number of fused-ring (bicyclic) bond motifs is 2. The van der Waals surface area contributed by atoms with Crippen LogP contribution in [0.5, 0.6) is 5.75 Å². The maximum atomic E-state index is 12.4. The summed E-state index contributed by atoms with van der Waals surface area (Å²) in [5.41, 5.74) is 0.616. The smallest absolute Gasteiger partial charge is 0.410 e. The van der Waals surface area contributed by atoms with Crippen molar-refractivity contribution in [3.63, 3.8) is 0 Å². The van der Waals surface area contributed by atoms with E-state index in [0.717, 1.165) is 35.3 Å². The van der Waals surface area contributed by atoms with Crippen molar-refractivity contribution in [3.8, 4) is 5.75 Å². The first-order valence-corrected chi connectivity index (χ1v) is 9.73. The van der Waals surface area contributed by atoms with Gasteiger partial charge in [0.25, 0.3) is 0 Å². The number of hydrogen-bond acceptors (Lipinski definition) is 4. The standard InChI is InChI=1S/C18H24BrClN2O3/c1-18(2,3)25-17(23)22-6-5-21-10-12-8-15(20)14(19)9-16(12)24-7-4-13(21)11-22/h8-9,13H,4-7,10-11H2,1-3H3/t13-/m0/s1. The summed E-state index contributed by atoms with van der Waals surface area (Å²) in [7, 11) is 0. The minimum atomic E-state index is -0.471. The summed E-state index contributed by atoms with van der Waals surface area (Å²) >= 11 is 9.70. The molecule has 1 aromatic carbocycles. The lowest BCUT2D eigenvalue weighted by atomic mass is 10.1. The molecular weight excluding hydrogens is 408 g/mol. The topological polar surface area (TPSA) is 42.0 Å². The van der Waals surface area contributed by atoms with E-state index in [-0.39, 0.29) is 12.1 Å². The largest absolute Gasteiger partial charge is 0.493 e. The zero-order valence-corrected chi connectivity index (χ0v) is 17.2. The third-order valence-corrected chi connectivity index (χ3v) is 5.64. The van der Waals surface area contributed by atoms with Crippen LogP contribution in [0.2, 0.25) is 5.02 Å². The molecule has 0 N–H and O–H groups in total. The van der Waals surface area contributed by atoms with Crippen LogP contribution in [-0.4, -0.2) is 53.8 Å². The van der Waals surface area contributed by atoms with Crippen molar-refractivity contribution in [1.82, 2.24) is 9.80 Å². The van der Waals surface area contributed by atoms with Crippen molar-refractivity contribution in [2.75, 3.05) is 26.2 Å². The van der Waals surface area contributed by atoms with Crippen LogP contribution in [0.4, 0.5) is 4.79 Å². The van der Waals surface area contributed by atoms with Crippen LogP contribution in [-0.2, 0) is 11.3 Å². The van der Waals surface area contributed by atoms with Gasteiger partial charge in [-0.3, -0.25) is 4.90 Å². The fraction of sp³-hybridized carbons (Fsp3) is 0.611. The molecule has 1 aromatic rings. The van der Waals surface area contributed by atoms with Crippen LogP contribution in [0, 0.1) is 0 Å². The molecule has 0 saturated carbocycles. The second-order valence-corrected chi connectivity index (χ2v) is 8.82. The van der Waals surface area contributed by atoms with Gasteiger partial charge in [0.15, 0.2) is 0 Å². The van der Waals surface area contributed by atoms with E-state index in [9.17, 15) is 4.79 Å². The average molecular weight is 432 g/mol. The summed E-state index contributed by atoms with van der Waals surface area (Å²) in [5.74, 6) is 0.879. The van der Waals surface area contributed by atoms with Crippen molar-refractivity contribution in [3.05, 3.63) is 27.2 Å². The molecular formula is C18H24BrClN2O3. The summed E-state index contributed by atoms with van der Waals surface area (Å²) in [6.07, 6.45) is 0.640. The van der Waals surface area contributed by atoms with Gasteiger partial charge in [-0.15, -0.1) is 0 Å². The van der Waals surface area contributed by atoms with Gasteiger partial charge >= 0.3 is 6.09 Å². The number of benzene rings is 1. The highest BCUT2D eigenvalue weighted by atomic mass is 79.9. The Morgan fingerprint density at radius 3 is 2.84 bits per heavy atom. The van der Waals surface area contributed by atoms with E-state index in [1.54, 1.807) is 0 Å². The molecule has 0 bridgehead atoms. The van der Waals surface area contributed by atoms with E-state index >= 15 is 0 Å². The lowest BCUT2D eigenvalue weighted by molar-refractivity contribution is -0.00194. The Labute approximate surface area is 162 Å². The molecule has 7 heteroatoms. The second-order valence-electron chi connectivity index (χ2n) is 7.56. The van der Waals surface area contributed by atoms with Gasteiger partial charge in [-0.2, -0.15) is 0 Å². The molecule has 1 saturated heterocycles. The minimum Gasteiger partial charge on any atom is -0.493 e. The third kappa shape index (κ3) is 4.60. The maximum absolute atomic E-state index is 12.4. The van der Waals surface area contributed by atoms with Crippen LogP contribution in [0.15, 0.2) is 16.6 Å². The average Bonchev–Trinajstić information content (AvgIpc) is 2.49. The molecule has 0 spiro atoms. The quantitative estimate of drug-likeness (QED) is 0.614. The molecule has 1 atom stereocenters. The fourth-order valence-electron chi connectivity index (χ4n) is 3.22. The van der Waals surface area contributed by atoms with Crippen molar-refractivity contribution in [1.29, 1.82) is 0 Å². The van der Waals surface area contributed by atoms with Crippen LogP contribution < -0.4 is 4.74 Å².